The van der Waals surface area contributed by atoms with Gasteiger partial charge in [0.15, 0.2) is 0 Å². The number of nitrogens with two attached hydrogens (primary N) is 1. The molecule has 0 aliphatic rings. The van der Waals surface area contributed by atoms with Crippen molar-refractivity contribution in [1.82, 2.24) is 9.55 Å². The standard InChI is InChI=1S/C5H7N3O/c6-5-7-1-2-8(5)3-4-9/h1-2,4H,3H2,(H2,6,7). The number of aldehydes is 1. The SMILES string of the molecule is Nc1nccn1CC=O. The second-order valence-corrected chi connectivity index (χ2v) is 1.60. The molecular formula is C5H7N3O. The molecule has 0 saturated heterocycles. The number of hydrogen-bond donors (Lipinski definition) is 1. The molecule has 0 aliphatic heterocycles. The maximum absolute atomic E-state index is 9.92. The van der Waals surface area contributed by atoms with Crippen molar-refractivity contribution in [3.63, 3.8) is 0 Å². The molecule has 1 aromatic rings. The summed E-state index contributed by atoms with van der Waals surface area (Å²) in [6, 6.07) is 0. The minimum atomic E-state index is 0.284. The van der Waals surface area contributed by atoms with E-state index < -0.39 is 0 Å². The highest BCUT2D eigenvalue weighted by Crippen LogP contribution is 1.94. The Morgan fingerprint density at radius 2 is 2.67 bits per heavy atom. The van der Waals surface area contributed by atoms with Crippen molar-refractivity contribution in [2.45, 2.75) is 6.54 Å². The number of hydrogen-bond acceptors (Lipinski definition) is 3. The fraction of sp³-hybridized carbons (Fsp3) is 0.200. The van der Waals surface area contributed by atoms with Crippen LogP contribution in [0.4, 0.5) is 5.95 Å². The molecule has 1 rings (SSSR count). The van der Waals surface area contributed by atoms with Gasteiger partial charge in [-0.15, -0.1) is 0 Å². The average molecular weight is 125 g/mol. The summed E-state index contributed by atoms with van der Waals surface area (Å²) in [7, 11) is 0. The molecule has 1 heterocycles. The third-order valence-corrected chi connectivity index (χ3v) is 1.02. The lowest BCUT2D eigenvalue weighted by Gasteiger charge is -1.94. The van der Waals surface area contributed by atoms with E-state index in [0.29, 0.717) is 5.95 Å². The summed E-state index contributed by atoms with van der Waals surface area (Å²) < 4.78 is 1.56. The van der Waals surface area contributed by atoms with E-state index in [2.05, 4.69) is 4.98 Å². The van der Waals surface area contributed by atoms with Crippen molar-refractivity contribution < 1.29 is 4.79 Å². The summed E-state index contributed by atoms with van der Waals surface area (Å²) in [5, 5.41) is 0. The van der Waals surface area contributed by atoms with E-state index >= 15 is 0 Å². The maximum atomic E-state index is 9.92. The van der Waals surface area contributed by atoms with Gasteiger partial charge in [-0.1, -0.05) is 0 Å². The van der Waals surface area contributed by atoms with Gasteiger partial charge in [0.25, 0.3) is 0 Å². The molecule has 4 nitrogen and oxygen atoms in total. The van der Waals surface area contributed by atoms with Crippen molar-refractivity contribution in [3.8, 4) is 0 Å². The molecule has 0 spiro atoms. The minimum absolute atomic E-state index is 0.284. The molecule has 0 aliphatic carbocycles. The molecule has 0 unspecified atom stereocenters. The van der Waals surface area contributed by atoms with Crippen LogP contribution in [0.3, 0.4) is 0 Å². The Kier molecular flexibility index (Phi) is 1.48. The van der Waals surface area contributed by atoms with Crippen LogP contribution in [0.15, 0.2) is 12.4 Å². The summed E-state index contributed by atoms with van der Waals surface area (Å²) in [5.41, 5.74) is 5.32. The number of carbonyl (C=O) groups is 1. The lowest BCUT2D eigenvalue weighted by atomic mass is 10.7. The van der Waals surface area contributed by atoms with Crippen LogP contribution in [0.25, 0.3) is 0 Å². The second-order valence-electron chi connectivity index (χ2n) is 1.60. The van der Waals surface area contributed by atoms with Gasteiger partial charge < -0.3 is 15.1 Å². The fourth-order valence-electron chi connectivity index (χ4n) is 0.575. The lowest BCUT2D eigenvalue weighted by Crippen LogP contribution is -2.02. The molecule has 0 fully saturated rings. The number of aromatic nitrogens is 2. The highest BCUT2D eigenvalue weighted by Gasteiger charge is 1.92. The molecule has 2 N–H and O–H groups in total. The normalized spacial score (nSPS) is 9.33. The average Bonchev–Trinajstić information content (AvgIpc) is 2.18. The first-order chi connectivity index (χ1) is 4.34. The van der Waals surface area contributed by atoms with Crippen molar-refractivity contribution >= 4 is 12.2 Å². The Morgan fingerprint density at radius 3 is 3.11 bits per heavy atom. The third-order valence-electron chi connectivity index (χ3n) is 1.02. The molecule has 0 bridgehead atoms. The van der Waals surface area contributed by atoms with Gasteiger partial charge >= 0.3 is 0 Å². The minimum Gasteiger partial charge on any atom is -0.369 e. The first kappa shape index (κ1) is 5.81. The smallest absolute Gasteiger partial charge is 0.200 e. The number of carbonyl (C=O) groups excluding carboxylic acids is 1. The van der Waals surface area contributed by atoms with Gasteiger partial charge in [-0.25, -0.2) is 4.98 Å². The Hall–Kier alpha value is -1.32. The first-order valence-corrected chi connectivity index (χ1v) is 2.55. The van der Waals surface area contributed by atoms with E-state index in [0.717, 1.165) is 6.29 Å². The van der Waals surface area contributed by atoms with Crippen molar-refractivity contribution in [2.75, 3.05) is 5.73 Å². The highest BCUT2D eigenvalue weighted by atomic mass is 16.1. The molecule has 0 saturated carbocycles. The number of nitrogens with zero attached hydrogens (tertiary/aromatic N) is 2. The van der Waals surface area contributed by atoms with Crippen LogP contribution in [0, 0.1) is 0 Å². The maximum Gasteiger partial charge on any atom is 0.200 e. The molecule has 0 amide bonds. The van der Waals surface area contributed by atoms with Crippen molar-refractivity contribution in [3.05, 3.63) is 12.4 Å². The van der Waals surface area contributed by atoms with Crippen LogP contribution in [0.2, 0.25) is 0 Å². The lowest BCUT2D eigenvalue weighted by molar-refractivity contribution is -0.108. The second kappa shape index (κ2) is 2.30. The first-order valence-electron chi connectivity index (χ1n) is 2.55. The van der Waals surface area contributed by atoms with E-state index in [1.54, 1.807) is 17.0 Å². The summed E-state index contributed by atoms with van der Waals surface area (Å²) in [4.78, 5) is 13.6. The monoisotopic (exact) mass is 125 g/mol. The predicted octanol–water partition coefficient (Wildman–Crippen LogP) is -0.336. The van der Waals surface area contributed by atoms with Gasteiger partial charge in [0, 0.05) is 12.4 Å². The Bertz CT molecular complexity index is 206. The zero-order valence-corrected chi connectivity index (χ0v) is 4.82. The topological polar surface area (TPSA) is 60.9 Å². The van der Waals surface area contributed by atoms with Gasteiger partial charge in [0.05, 0.1) is 6.54 Å². The zero-order valence-electron chi connectivity index (χ0n) is 4.82. The Balaban J connectivity index is 2.80. The molecule has 0 aromatic carbocycles. The molecule has 0 radical (unpaired) electrons. The van der Waals surface area contributed by atoms with E-state index in [9.17, 15) is 4.79 Å². The number of imidazole rings is 1. The molecule has 9 heavy (non-hydrogen) atoms. The molecular weight excluding hydrogens is 118 g/mol. The van der Waals surface area contributed by atoms with E-state index in [-0.39, 0.29) is 6.54 Å². The zero-order chi connectivity index (χ0) is 6.69. The van der Waals surface area contributed by atoms with Crippen LogP contribution in [-0.2, 0) is 11.3 Å². The number of nitrogen functional groups attached to an aromatic ring is 1. The van der Waals surface area contributed by atoms with Crippen molar-refractivity contribution in [2.24, 2.45) is 0 Å². The van der Waals surface area contributed by atoms with Crippen LogP contribution in [0.1, 0.15) is 0 Å². The van der Waals surface area contributed by atoms with Crippen LogP contribution in [-0.4, -0.2) is 15.8 Å². The van der Waals surface area contributed by atoms with Crippen molar-refractivity contribution in [1.29, 1.82) is 0 Å². The van der Waals surface area contributed by atoms with E-state index in [4.69, 9.17) is 5.73 Å². The van der Waals surface area contributed by atoms with Crippen LogP contribution < -0.4 is 5.73 Å². The highest BCUT2D eigenvalue weighted by molar-refractivity contribution is 5.50. The molecule has 1 aromatic heterocycles. The van der Waals surface area contributed by atoms with Gasteiger partial charge in [0.1, 0.15) is 6.29 Å². The Labute approximate surface area is 52.3 Å². The largest absolute Gasteiger partial charge is 0.369 e. The summed E-state index contributed by atoms with van der Waals surface area (Å²) >= 11 is 0. The number of rotatable bonds is 2. The predicted molar refractivity (Wildman–Crippen MR) is 32.7 cm³/mol. The van der Waals surface area contributed by atoms with E-state index in [1.165, 1.54) is 0 Å². The summed E-state index contributed by atoms with van der Waals surface area (Å²) in [6.07, 6.45) is 3.99. The number of anilines is 1. The van der Waals surface area contributed by atoms with Gasteiger partial charge in [-0.05, 0) is 0 Å². The molecule has 4 heteroatoms. The summed E-state index contributed by atoms with van der Waals surface area (Å²) in [5.74, 6) is 0.377. The Morgan fingerprint density at radius 1 is 1.89 bits per heavy atom. The third kappa shape index (κ3) is 1.07. The van der Waals surface area contributed by atoms with Crippen LogP contribution >= 0.6 is 0 Å². The van der Waals surface area contributed by atoms with Gasteiger partial charge in [0.2, 0.25) is 5.95 Å². The van der Waals surface area contributed by atoms with Gasteiger partial charge in [-0.2, -0.15) is 0 Å². The summed E-state index contributed by atoms with van der Waals surface area (Å²) in [6.45, 7) is 0.284. The molecule has 48 valence electrons. The van der Waals surface area contributed by atoms with E-state index in [1.807, 2.05) is 0 Å². The quantitative estimate of drug-likeness (QED) is 0.550. The molecule has 0 atom stereocenters. The van der Waals surface area contributed by atoms with Gasteiger partial charge in [-0.3, -0.25) is 0 Å². The van der Waals surface area contributed by atoms with Crippen LogP contribution in [0.5, 0.6) is 0 Å². The fourth-order valence-corrected chi connectivity index (χ4v) is 0.575.